The van der Waals surface area contributed by atoms with Gasteiger partial charge in [0.15, 0.2) is 0 Å². The first kappa shape index (κ1) is 11.8. The van der Waals surface area contributed by atoms with Crippen LogP contribution in [0.15, 0.2) is 11.1 Å². The van der Waals surface area contributed by atoms with Crippen molar-refractivity contribution in [3.05, 3.63) is 6.20 Å². The number of nitrogens with one attached hydrogen (secondary N) is 2. The fraction of sp³-hybridized carbons (Fsp3) is 0.500. The van der Waals surface area contributed by atoms with Crippen molar-refractivity contribution in [1.82, 2.24) is 10.2 Å². The third-order valence-corrected chi connectivity index (χ3v) is 3.05. The first-order chi connectivity index (χ1) is 6.80. The molecule has 0 aliphatic heterocycles. The maximum absolute atomic E-state index is 12.2. The van der Waals surface area contributed by atoms with Gasteiger partial charge in [-0.2, -0.15) is 18.3 Å². The van der Waals surface area contributed by atoms with Crippen LogP contribution in [-0.2, 0) is 9.84 Å². The summed E-state index contributed by atoms with van der Waals surface area (Å²) in [7, 11) is -5.34. The molecule has 0 unspecified atom stereocenters. The first-order valence-corrected chi connectivity index (χ1v) is 5.37. The molecular formula is C6H8F3N3O2S. The number of halogens is 3. The second-order valence-corrected chi connectivity index (χ2v) is 4.50. The van der Waals surface area contributed by atoms with E-state index in [1.807, 2.05) is 0 Å². The van der Waals surface area contributed by atoms with Crippen LogP contribution in [0.4, 0.5) is 19.0 Å². The molecular weight excluding hydrogens is 235 g/mol. The van der Waals surface area contributed by atoms with Gasteiger partial charge < -0.3 is 5.32 Å². The third-order valence-electron chi connectivity index (χ3n) is 1.55. The molecule has 0 fully saturated rings. The van der Waals surface area contributed by atoms with Crippen LogP contribution < -0.4 is 5.32 Å². The summed E-state index contributed by atoms with van der Waals surface area (Å²) < 4.78 is 58.4. The minimum absolute atomic E-state index is 0.255. The SMILES string of the molecule is CCNc1[nH]ncc1S(=O)(=O)C(F)(F)F. The number of H-pyrrole nitrogens is 1. The van der Waals surface area contributed by atoms with Crippen LogP contribution in [0.3, 0.4) is 0 Å². The zero-order valence-electron chi connectivity index (χ0n) is 7.59. The highest BCUT2D eigenvalue weighted by atomic mass is 32.2. The molecule has 0 saturated carbocycles. The van der Waals surface area contributed by atoms with E-state index in [0.29, 0.717) is 6.20 Å². The molecule has 2 N–H and O–H groups in total. The molecule has 15 heavy (non-hydrogen) atoms. The van der Waals surface area contributed by atoms with Crippen LogP contribution in [0.5, 0.6) is 0 Å². The number of rotatable bonds is 3. The van der Waals surface area contributed by atoms with Gasteiger partial charge >= 0.3 is 5.51 Å². The van der Waals surface area contributed by atoms with Gasteiger partial charge in [-0.3, -0.25) is 5.10 Å². The quantitative estimate of drug-likeness (QED) is 0.834. The summed E-state index contributed by atoms with van der Waals surface area (Å²) in [6.45, 7) is 1.90. The minimum Gasteiger partial charge on any atom is -0.370 e. The minimum atomic E-state index is -5.34. The number of anilines is 1. The van der Waals surface area contributed by atoms with Gasteiger partial charge in [0.25, 0.3) is 9.84 Å². The Balaban J connectivity index is 3.22. The van der Waals surface area contributed by atoms with Gasteiger partial charge in [0.1, 0.15) is 10.7 Å². The lowest BCUT2D eigenvalue weighted by Gasteiger charge is -2.08. The summed E-state index contributed by atoms with van der Waals surface area (Å²) >= 11 is 0. The van der Waals surface area contributed by atoms with Gasteiger partial charge in [-0.1, -0.05) is 0 Å². The van der Waals surface area contributed by atoms with Crippen LogP contribution in [0.1, 0.15) is 6.92 Å². The molecule has 5 nitrogen and oxygen atoms in total. The summed E-state index contributed by atoms with van der Waals surface area (Å²) in [4.78, 5) is -0.892. The van der Waals surface area contributed by atoms with Gasteiger partial charge in [0.2, 0.25) is 0 Å². The zero-order chi connectivity index (χ0) is 11.7. The number of hydrogen-bond donors (Lipinski definition) is 2. The third kappa shape index (κ3) is 2.06. The molecule has 0 aliphatic carbocycles. The Morgan fingerprint density at radius 2 is 2.13 bits per heavy atom. The standard InChI is InChI=1S/C6H8F3N3O2S/c1-2-10-5-4(3-11-12-5)15(13,14)6(7,8)9/h3H,2H2,1H3,(H2,10,11,12). The highest BCUT2D eigenvalue weighted by Gasteiger charge is 2.48. The molecule has 0 aliphatic rings. The summed E-state index contributed by atoms with van der Waals surface area (Å²) in [5.74, 6) is -0.255. The molecule has 0 saturated heterocycles. The number of aromatic amines is 1. The molecule has 0 bridgehead atoms. The molecule has 0 amide bonds. The highest BCUT2D eigenvalue weighted by molar-refractivity contribution is 7.92. The summed E-state index contributed by atoms with van der Waals surface area (Å²) in [5.41, 5.74) is -5.32. The van der Waals surface area contributed by atoms with Crippen molar-refractivity contribution in [2.45, 2.75) is 17.3 Å². The van der Waals surface area contributed by atoms with Crippen molar-refractivity contribution in [1.29, 1.82) is 0 Å². The van der Waals surface area contributed by atoms with Crippen LogP contribution in [0, 0.1) is 0 Å². The molecule has 0 atom stereocenters. The largest absolute Gasteiger partial charge is 0.502 e. The van der Waals surface area contributed by atoms with E-state index in [9.17, 15) is 21.6 Å². The number of nitrogens with zero attached hydrogens (tertiary/aromatic N) is 1. The van der Waals surface area contributed by atoms with E-state index in [4.69, 9.17) is 0 Å². The lowest BCUT2D eigenvalue weighted by molar-refractivity contribution is -0.0435. The number of aromatic nitrogens is 2. The van der Waals surface area contributed by atoms with Crippen molar-refractivity contribution in [2.24, 2.45) is 0 Å². The molecule has 9 heteroatoms. The Morgan fingerprint density at radius 3 is 2.60 bits per heavy atom. The smallest absolute Gasteiger partial charge is 0.370 e. The van der Waals surface area contributed by atoms with Gasteiger partial charge in [-0.25, -0.2) is 8.42 Å². The van der Waals surface area contributed by atoms with Crippen molar-refractivity contribution < 1.29 is 21.6 Å². The van der Waals surface area contributed by atoms with Crippen molar-refractivity contribution in [3.8, 4) is 0 Å². The van der Waals surface area contributed by atoms with Crippen LogP contribution in [0.25, 0.3) is 0 Å². The van der Waals surface area contributed by atoms with E-state index < -0.39 is 20.2 Å². The monoisotopic (exact) mass is 243 g/mol. The van der Waals surface area contributed by atoms with Gasteiger partial charge in [0.05, 0.1) is 6.20 Å². The summed E-state index contributed by atoms with van der Waals surface area (Å²) in [6, 6.07) is 0. The molecule has 0 aromatic carbocycles. The zero-order valence-corrected chi connectivity index (χ0v) is 8.41. The van der Waals surface area contributed by atoms with E-state index in [1.54, 1.807) is 6.92 Å². The molecule has 0 radical (unpaired) electrons. The predicted molar refractivity (Wildman–Crippen MR) is 46.0 cm³/mol. The van der Waals surface area contributed by atoms with Crippen molar-refractivity contribution in [3.63, 3.8) is 0 Å². The molecule has 1 heterocycles. The van der Waals surface area contributed by atoms with E-state index in [2.05, 4.69) is 15.5 Å². The Bertz CT molecular complexity index is 437. The van der Waals surface area contributed by atoms with Crippen molar-refractivity contribution >= 4 is 15.7 Å². The highest BCUT2D eigenvalue weighted by Crippen LogP contribution is 2.32. The second-order valence-electron chi connectivity index (χ2n) is 2.59. The lowest BCUT2D eigenvalue weighted by atomic mass is 10.6. The topological polar surface area (TPSA) is 74.8 Å². The fourth-order valence-electron chi connectivity index (χ4n) is 0.907. The van der Waals surface area contributed by atoms with E-state index in [1.165, 1.54) is 0 Å². The van der Waals surface area contributed by atoms with Gasteiger partial charge in [0, 0.05) is 6.54 Å². The average Bonchev–Trinajstić information content (AvgIpc) is 2.51. The Hall–Kier alpha value is -1.25. The fourth-order valence-corrected chi connectivity index (χ4v) is 1.73. The Morgan fingerprint density at radius 1 is 1.53 bits per heavy atom. The summed E-state index contributed by atoms with van der Waals surface area (Å²) in [5, 5.41) is 7.84. The first-order valence-electron chi connectivity index (χ1n) is 3.89. The van der Waals surface area contributed by atoms with Crippen molar-refractivity contribution in [2.75, 3.05) is 11.9 Å². The number of hydrogen-bond acceptors (Lipinski definition) is 4. The normalized spacial score (nSPS) is 12.8. The van der Waals surface area contributed by atoms with E-state index in [0.717, 1.165) is 0 Å². The molecule has 1 aromatic rings. The lowest BCUT2D eigenvalue weighted by Crippen LogP contribution is -2.23. The molecule has 1 aromatic heterocycles. The molecule has 1 rings (SSSR count). The Labute approximate surface area is 83.6 Å². The van der Waals surface area contributed by atoms with E-state index >= 15 is 0 Å². The van der Waals surface area contributed by atoms with Crippen LogP contribution in [-0.4, -0.2) is 30.7 Å². The average molecular weight is 243 g/mol. The summed E-state index contributed by atoms with van der Waals surface area (Å²) in [6.07, 6.45) is 0.626. The maximum Gasteiger partial charge on any atom is 0.502 e. The number of alkyl halides is 3. The van der Waals surface area contributed by atoms with Crippen LogP contribution >= 0.6 is 0 Å². The van der Waals surface area contributed by atoms with E-state index in [-0.39, 0.29) is 12.4 Å². The number of sulfone groups is 1. The Kier molecular flexibility index (Phi) is 2.93. The molecule has 0 spiro atoms. The predicted octanol–water partition coefficient (Wildman–Crippen LogP) is 1.14. The second kappa shape index (κ2) is 3.72. The van der Waals surface area contributed by atoms with Crippen LogP contribution in [0.2, 0.25) is 0 Å². The molecule has 86 valence electrons. The maximum atomic E-state index is 12.2. The van der Waals surface area contributed by atoms with Gasteiger partial charge in [-0.05, 0) is 6.92 Å². The van der Waals surface area contributed by atoms with Gasteiger partial charge in [-0.15, -0.1) is 0 Å².